The number of pyridine rings is 1. The standard InChI is InChI=1S/C31H33N5O4S/c1-21(23-6-8-24(38-4)9-7-23)34-41(37,35-22(2)30-16-19-33-36(30)3)27-13-10-25(11-14-27)40-31-17-18-32-29-20-26(39-5)12-15-28(29)31/h6-22H,1-5H3,(H,34,35,37)/t21-,22+,41?/m1/s1. The van der Waals surface area contributed by atoms with Crippen LogP contribution in [0.2, 0.25) is 0 Å². The summed E-state index contributed by atoms with van der Waals surface area (Å²) in [4.78, 5) is 4.97. The van der Waals surface area contributed by atoms with Gasteiger partial charge in [-0.2, -0.15) is 5.10 Å². The van der Waals surface area contributed by atoms with E-state index >= 15 is 0 Å². The van der Waals surface area contributed by atoms with Crippen molar-refractivity contribution in [3.05, 3.63) is 103 Å². The maximum absolute atomic E-state index is 14.6. The van der Waals surface area contributed by atoms with Gasteiger partial charge in [-0.05, 0) is 80.1 Å². The highest BCUT2D eigenvalue weighted by Gasteiger charge is 2.21. The van der Waals surface area contributed by atoms with Gasteiger partial charge in [0.15, 0.2) is 0 Å². The summed E-state index contributed by atoms with van der Waals surface area (Å²) < 4.78 is 41.3. The summed E-state index contributed by atoms with van der Waals surface area (Å²) in [6.45, 7) is 3.88. The molecular formula is C31H33N5O4S. The molecule has 0 aliphatic heterocycles. The summed E-state index contributed by atoms with van der Waals surface area (Å²) in [5, 5.41) is 5.12. The number of benzene rings is 3. The molecule has 41 heavy (non-hydrogen) atoms. The molecule has 0 aliphatic rings. The van der Waals surface area contributed by atoms with Gasteiger partial charge in [0.2, 0.25) is 0 Å². The lowest BCUT2D eigenvalue weighted by Crippen LogP contribution is -2.28. The third-order valence-corrected chi connectivity index (χ3v) is 9.02. The smallest absolute Gasteiger partial charge is 0.138 e. The molecule has 0 spiro atoms. The van der Waals surface area contributed by atoms with Gasteiger partial charge in [0, 0.05) is 30.9 Å². The van der Waals surface area contributed by atoms with E-state index in [1.807, 2.05) is 75.5 Å². The molecule has 0 aliphatic carbocycles. The first-order valence-electron chi connectivity index (χ1n) is 13.2. The van der Waals surface area contributed by atoms with Crippen LogP contribution in [-0.2, 0) is 17.0 Å². The largest absolute Gasteiger partial charge is 0.497 e. The molecule has 5 aromatic rings. The number of nitrogens with zero attached hydrogens (tertiary/aromatic N) is 4. The average Bonchev–Trinajstić information content (AvgIpc) is 3.43. The zero-order valence-electron chi connectivity index (χ0n) is 23.6. The van der Waals surface area contributed by atoms with Gasteiger partial charge in [-0.25, -0.2) is 13.3 Å². The minimum absolute atomic E-state index is 0.280. The fraction of sp³-hybridized carbons (Fsp3) is 0.226. The summed E-state index contributed by atoms with van der Waals surface area (Å²) in [5.74, 6) is 2.73. The monoisotopic (exact) mass is 571 g/mol. The molecule has 0 saturated carbocycles. The average molecular weight is 572 g/mol. The van der Waals surface area contributed by atoms with Gasteiger partial charge < -0.3 is 14.2 Å². The fourth-order valence-corrected chi connectivity index (χ4v) is 6.56. The molecule has 2 aromatic heterocycles. The SMILES string of the molecule is COc1ccc([C@@H](C)N=S(=O)(N[C@@H](C)c2ccnn2C)c2ccc(Oc3ccnc4cc(OC)ccc34)cc2)cc1. The molecule has 5 rings (SSSR count). The number of hydrogen-bond donors (Lipinski definition) is 1. The number of fused-ring (bicyclic) bond motifs is 1. The summed E-state index contributed by atoms with van der Waals surface area (Å²) in [6.07, 6.45) is 3.42. The number of hydrogen-bond acceptors (Lipinski definition) is 7. The van der Waals surface area contributed by atoms with Crippen molar-refractivity contribution in [2.24, 2.45) is 11.4 Å². The van der Waals surface area contributed by atoms with E-state index in [1.54, 1.807) is 55.6 Å². The van der Waals surface area contributed by atoms with E-state index in [9.17, 15) is 4.21 Å². The summed E-state index contributed by atoms with van der Waals surface area (Å²) in [5.41, 5.74) is 2.59. The van der Waals surface area contributed by atoms with Crippen molar-refractivity contribution < 1.29 is 18.4 Å². The maximum Gasteiger partial charge on any atom is 0.138 e. The third-order valence-electron chi connectivity index (χ3n) is 6.82. The molecular weight excluding hydrogens is 538 g/mol. The van der Waals surface area contributed by atoms with Crippen molar-refractivity contribution >= 4 is 20.8 Å². The molecule has 0 saturated heterocycles. The van der Waals surface area contributed by atoms with Crippen molar-refractivity contribution in [2.45, 2.75) is 30.8 Å². The summed E-state index contributed by atoms with van der Waals surface area (Å²) in [6, 6.07) is 23.5. The van der Waals surface area contributed by atoms with Gasteiger partial charge in [-0.3, -0.25) is 9.67 Å². The molecule has 9 nitrogen and oxygen atoms in total. The molecule has 3 atom stereocenters. The minimum atomic E-state index is -3.08. The number of aromatic nitrogens is 3. The van der Waals surface area contributed by atoms with E-state index in [1.165, 1.54) is 0 Å². The van der Waals surface area contributed by atoms with E-state index in [2.05, 4.69) is 14.8 Å². The van der Waals surface area contributed by atoms with Crippen LogP contribution in [0.3, 0.4) is 0 Å². The Hall–Kier alpha value is -4.41. The Bertz CT molecular complexity index is 1760. The molecule has 0 bridgehead atoms. The normalized spacial score (nSPS) is 14.2. The highest BCUT2D eigenvalue weighted by Crippen LogP contribution is 2.32. The van der Waals surface area contributed by atoms with Crippen LogP contribution in [0.15, 0.2) is 101 Å². The highest BCUT2D eigenvalue weighted by atomic mass is 32.2. The van der Waals surface area contributed by atoms with E-state index in [4.69, 9.17) is 18.6 Å². The van der Waals surface area contributed by atoms with Crippen LogP contribution >= 0.6 is 0 Å². The van der Waals surface area contributed by atoms with Crippen molar-refractivity contribution in [1.29, 1.82) is 0 Å². The van der Waals surface area contributed by atoms with Gasteiger partial charge in [-0.1, -0.05) is 12.1 Å². The quantitative estimate of drug-likeness (QED) is 0.202. The lowest BCUT2D eigenvalue weighted by molar-refractivity contribution is 0.414. The second-order valence-corrected chi connectivity index (χ2v) is 11.5. The Kier molecular flexibility index (Phi) is 8.23. The molecule has 212 valence electrons. The topological polar surface area (TPSA) is 99.9 Å². The Morgan fingerprint density at radius 2 is 1.54 bits per heavy atom. The first-order valence-corrected chi connectivity index (χ1v) is 14.7. The number of ether oxygens (including phenoxy) is 3. The fourth-order valence-electron chi connectivity index (χ4n) is 4.57. The molecule has 2 heterocycles. The zero-order chi connectivity index (χ0) is 29.0. The predicted octanol–water partition coefficient (Wildman–Crippen LogP) is 6.63. The Morgan fingerprint density at radius 3 is 2.20 bits per heavy atom. The molecule has 1 unspecified atom stereocenters. The van der Waals surface area contributed by atoms with Crippen LogP contribution in [0.4, 0.5) is 0 Å². The second kappa shape index (κ2) is 12.0. The van der Waals surface area contributed by atoms with Gasteiger partial charge >= 0.3 is 0 Å². The second-order valence-electron chi connectivity index (χ2n) is 9.57. The Labute approximate surface area is 240 Å². The highest BCUT2D eigenvalue weighted by molar-refractivity contribution is 7.91. The van der Waals surface area contributed by atoms with Crippen LogP contribution in [0.1, 0.15) is 37.2 Å². The predicted molar refractivity (Wildman–Crippen MR) is 160 cm³/mol. The van der Waals surface area contributed by atoms with Crippen LogP contribution in [0, 0.1) is 0 Å². The first-order chi connectivity index (χ1) is 19.8. The van der Waals surface area contributed by atoms with Gasteiger partial charge in [0.25, 0.3) is 0 Å². The van der Waals surface area contributed by atoms with Crippen LogP contribution in [0.25, 0.3) is 10.9 Å². The minimum Gasteiger partial charge on any atom is -0.497 e. The Morgan fingerprint density at radius 1 is 0.854 bits per heavy atom. The van der Waals surface area contributed by atoms with Crippen LogP contribution < -0.4 is 18.9 Å². The van der Waals surface area contributed by atoms with Crippen molar-refractivity contribution in [2.75, 3.05) is 14.2 Å². The van der Waals surface area contributed by atoms with E-state index in [-0.39, 0.29) is 12.1 Å². The lowest BCUT2D eigenvalue weighted by Gasteiger charge is -2.21. The van der Waals surface area contributed by atoms with E-state index in [0.29, 0.717) is 16.4 Å². The van der Waals surface area contributed by atoms with E-state index in [0.717, 1.165) is 33.7 Å². The lowest BCUT2D eigenvalue weighted by atomic mass is 10.1. The van der Waals surface area contributed by atoms with Gasteiger partial charge in [-0.15, -0.1) is 0 Å². The zero-order valence-corrected chi connectivity index (χ0v) is 24.5. The molecule has 1 N–H and O–H groups in total. The molecule has 0 fully saturated rings. The summed E-state index contributed by atoms with van der Waals surface area (Å²) in [7, 11) is 2.03. The molecule has 3 aromatic carbocycles. The molecule has 0 amide bonds. The van der Waals surface area contributed by atoms with Crippen molar-refractivity contribution in [1.82, 2.24) is 19.5 Å². The van der Waals surface area contributed by atoms with Gasteiger partial charge in [0.05, 0.1) is 42.4 Å². The number of nitrogens with one attached hydrogen (secondary N) is 1. The maximum atomic E-state index is 14.6. The third kappa shape index (κ3) is 6.18. The number of aryl methyl sites for hydroxylation is 1. The van der Waals surface area contributed by atoms with Crippen LogP contribution in [0.5, 0.6) is 23.0 Å². The number of methoxy groups -OCH3 is 2. The first kappa shape index (κ1) is 28.1. The molecule has 0 radical (unpaired) electrons. The Balaban J connectivity index is 1.47. The van der Waals surface area contributed by atoms with Crippen LogP contribution in [-0.4, -0.2) is 33.2 Å². The van der Waals surface area contributed by atoms with Crippen molar-refractivity contribution in [3.8, 4) is 23.0 Å². The van der Waals surface area contributed by atoms with Gasteiger partial charge in [0.1, 0.15) is 32.9 Å². The summed E-state index contributed by atoms with van der Waals surface area (Å²) >= 11 is 0. The van der Waals surface area contributed by atoms with E-state index < -0.39 is 9.92 Å². The van der Waals surface area contributed by atoms with Crippen molar-refractivity contribution in [3.63, 3.8) is 0 Å². The number of rotatable bonds is 10. The molecule has 10 heteroatoms.